The minimum absolute atomic E-state index is 0.522. The number of aryl methyl sites for hydroxylation is 1. The topological polar surface area (TPSA) is 36.4 Å². The molecule has 1 aromatic carbocycles. The Morgan fingerprint density at radius 2 is 2.05 bits per heavy atom. The van der Waals surface area contributed by atoms with Gasteiger partial charge in [0, 0.05) is 16.3 Å². The van der Waals surface area contributed by atoms with Gasteiger partial charge in [0.25, 0.3) is 0 Å². The fourth-order valence-electron chi connectivity index (χ4n) is 1.50. The van der Waals surface area contributed by atoms with E-state index in [0.717, 1.165) is 4.88 Å². The van der Waals surface area contributed by atoms with E-state index in [9.17, 15) is 0 Å². The van der Waals surface area contributed by atoms with Gasteiger partial charge in [0.05, 0.1) is 6.21 Å². The van der Waals surface area contributed by atoms with E-state index in [1.54, 1.807) is 17.6 Å². The predicted molar refractivity (Wildman–Crippen MR) is 85.7 cm³/mol. The second-order valence-corrected chi connectivity index (χ2v) is 5.71. The molecular formula is C14H15N3S2. The summed E-state index contributed by atoms with van der Waals surface area (Å²) in [6, 6.07) is 14.2. The summed E-state index contributed by atoms with van der Waals surface area (Å²) < 4.78 is 0. The van der Waals surface area contributed by atoms with Crippen LogP contribution in [0.1, 0.15) is 15.3 Å². The smallest absolute Gasteiger partial charge is 0.187 e. The molecule has 19 heavy (non-hydrogen) atoms. The summed E-state index contributed by atoms with van der Waals surface area (Å²) in [4.78, 5) is 2.38. The van der Waals surface area contributed by atoms with Crippen LogP contribution >= 0.6 is 23.6 Å². The van der Waals surface area contributed by atoms with E-state index in [1.165, 1.54) is 10.4 Å². The minimum Gasteiger partial charge on any atom is -0.357 e. The second kappa shape index (κ2) is 7.01. The summed E-state index contributed by atoms with van der Waals surface area (Å²) in [7, 11) is 0. The highest BCUT2D eigenvalue weighted by Crippen LogP contribution is 2.12. The van der Waals surface area contributed by atoms with Gasteiger partial charge in [-0.2, -0.15) is 5.10 Å². The molecule has 2 rings (SSSR count). The molecule has 0 saturated heterocycles. The van der Waals surface area contributed by atoms with Crippen LogP contribution in [0.3, 0.4) is 0 Å². The molecule has 0 aliphatic rings. The largest absolute Gasteiger partial charge is 0.357 e. The normalized spacial score (nSPS) is 10.6. The number of nitrogens with one attached hydrogen (secondary N) is 2. The van der Waals surface area contributed by atoms with E-state index in [0.29, 0.717) is 11.7 Å². The van der Waals surface area contributed by atoms with Gasteiger partial charge in [-0.3, -0.25) is 5.43 Å². The zero-order chi connectivity index (χ0) is 13.5. The summed E-state index contributed by atoms with van der Waals surface area (Å²) in [6.07, 6.45) is 1.77. The number of hydrazone groups is 1. The van der Waals surface area contributed by atoms with Crippen LogP contribution in [0.25, 0.3) is 0 Å². The molecule has 0 spiro atoms. The molecule has 1 heterocycles. The molecular weight excluding hydrogens is 274 g/mol. The maximum absolute atomic E-state index is 5.14. The molecule has 0 amide bonds. The van der Waals surface area contributed by atoms with Crippen LogP contribution < -0.4 is 10.7 Å². The summed E-state index contributed by atoms with van der Waals surface area (Å²) in [5.41, 5.74) is 3.99. The lowest BCUT2D eigenvalue weighted by atomic mass is 10.2. The average molecular weight is 289 g/mol. The monoisotopic (exact) mass is 289 g/mol. The zero-order valence-electron chi connectivity index (χ0n) is 10.6. The van der Waals surface area contributed by atoms with Gasteiger partial charge in [0.1, 0.15) is 0 Å². The first-order valence-electron chi connectivity index (χ1n) is 5.91. The molecule has 5 heteroatoms. The first kappa shape index (κ1) is 13.7. The highest BCUT2D eigenvalue weighted by Gasteiger charge is 1.95. The SMILES string of the molecule is Cc1ccc(/C=N\NC(=S)NCc2ccccc2)s1. The zero-order valence-corrected chi connectivity index (χ0v) is 12.2. The maximum atomic E-state index is 5.14. The van der Waals surface area contributed by atoms with E-state index in [4.69, 9.17) is 12.2 Å². The molecule has 0 saturated carbocycles. The van der Waals surface area contributed by atoms with Crippen molar-refractivity contribution in [3.8, 4) is 0 Å². The van der Waals surface area contributed by atoms with Crippen molar-refractivity contribution in [2.45, 2.75) is 13.5 Å². The van der Waals surface area contributed by atoms with E-state index in [1.807, 2.05) is 36.4 Å². The summed E-state index contributed by atoms with van der Waals surface area (Å²) in [5.74, 6) is 0. The van der Waals surface area contributed by atoms with Crippen LogP contribution in [0.5, 0.6) is 0 Å². The first-order chi connectivity index (χ1) is 9.24. The van der Waals surface area contributed by atoms with Crippen molar-refractivity contribution in [3.05, 3.63) is 57.8 Å². The third-order valence-corrected chi connectivity index (χ3v) is 3.59. The van der Waals surface area contributed by atoms with Crippen molar-refractivity contribution >= 4 is 34.9 Å². The Morgan fingerprint density at radius 1 is 1.26 bits per heavy atom. The number of thiophene rings is 1. The van der Waals surface area contributed by atoms with Crippen LogP contribution in [0.2, 0.25) is 0 Å². The Labute approximate surface area is 122 Å². The van der Waals surface area contributed by atoms with Gasteiger partial charge in [-0.25, -0.2) is 0 Å². The quantitative estimate of drug-likeness (QED) is 0.516. The third-order valence-electron chi connectivity index (χ3n) is 2.41. The molecule has 0 radical (unpaired) electrons. The van der Waals surface area contributed by atoms with Crippen LogP contribution in [0.4, 0.5) is 0 Å². The van der Waals surface area contributed by atoms with Crippen molar-refractivity contribution in [3.63, 3.8) is 0 Å². The average Bonchev–Trinajstić information content (AvgIpc) is 2.83. The molecule has 0 aliphatic carbocycles. The van der Waals surface area contributed by atoms with Gasteiger partial charge in [0.2, 0.25) is 0 Å². The number of rotatable bonds is 4. The molecule has 3 nitrogen and oxygen atoms in total. The molecule has 0 atom stereocenters. The van der Waals surface area contributed by atoms with Crippen molar-refractivity contribution in [2.75, 3.05) is 0 Å². The van der Waals surface area contributed by atoms with Gasteiger partial charge in [0.15, 0.2) is 5.11 Å². The minimum atomic E-state index is 0.522. The maximum Gasteiger partial charge on any atom is 0.187 e. The molecule has 2 N–H and O–H groups in total. The fraction of sp³-hybridized carbons (Fsp3) is 0.143. The molecule has 0 aliphatic heterocycles. The van der Waals surface area contributed by atoms with Gasteiger partial charge >= 0.3 is 0 Å². The Kier molecular flexibility index (Phi) is 5.06. The molecule has 2 aromatic rings. The fourth-order valence-corrected chi connectivity index (χ4v) is 2.37. The van der Waals surface area contributed by atoms with E-state index in [2.05, 4.69) is 28.8 Å². The van der Waals surface area contributed by atoms with E-state index in [-0.39, 0.29) is 0 Å². The Morgan fingerprint density at radius 3 is 2.74 bits per heavy atom. The Hall–Kier alpha value is -1.72. The lowest BCUT2D eigenvalue weighted by Gasteiger charge is -2.06. The van der Waals surface area contributed by atoms with Gasteiger partial charge < -0.3 is 5.32 Å². The number of thiocarbonyl (C=S) groups is 1. The van der Waals surface area contributed by atoms with Crippen molar-refractivity contribution < 1.29 is 0 Å². The van der Waals surface area contributed by atoms with Crippen molar-refractivity contribution in [1.82, 2.24) is 10.7 Å². The summed E-state index contributed by atoms with van der Waals surface area (Å²) in [6.45, 7) is 2.77. The van der Waals surface area contributed by atoms with Crippen LogP contribution in [0.15, 0.2) is 47.6 Å². The number of hydrogen-bond donors (Lipinski definition) is 2. The van der Waals surface area contributed by atoms with Crippen LogP contribution in [0, 0.1) is 6.92 Å². The van der Waals surface area contributed by atoms with Crippen LogP contribution in [-0.4, -0.2) is 11.3 Å². The third kappa shape index (κ3) is 4.81. The van der Waals surface area contributed by atoms with Crippen LogP contribution in [-0.2, 0) is 6.54 Å². The number of nitrogens with zero attached hydrogens (tertiary/aromatic N) is 1. The molecule has 0 bridgehead atoms. The standard InChI is InChI=1S/C14H15N3S2/c1-11-7-8-13(19-11)10-16-17-14(18)15-9-12-5-3-2-4-6-12/h2-8,10H,9H2,1H3,(H2,15,17,18)/b16-10-. The highest BCUT2D eigenvalue weighted by atomic mass is 32.1. The number of hydrogen-bond acceptors (Lipinski definition) is 3. The lowest BCUT2D eigenvalue weighted by Crippen LogP contribution is -2.31. The second-order valence-electron chi connectivity index (χ2n) is 3.99. The Bertz CT molecular complexity index is 561. The number of benzene rings is 1. The van der Waals surface area contributed by atoms with Crippen molar-refractivity contribution in [2.24, 2.45) is 5.10 Å². The lowest BCUT2D eigenvalue weighted by molar-refractivity contribution is 0.869. The first-order valence-corrected chi connectivity index (χ1v) is 7.14. The van der Waals surface area contributed by atoms with Gasteiger partial charge in [-0.15, -0.1) is 11.3 Å². The molecule has 98 valence electrons. The summed E-state index contributed by atoms with van der Waals surface area (Å²) >= 11 is 6.84. The predicted octanol–water partition coefficient (Wildman–Crippen LogP) is 3.05. The summed E-state index contributed by atoms with van der Waals surface area (Å²) in [5, 5.41) is 7.72. The molecule has 0 unspecified atom stereocenters. The van der Waals surface area contributed by atoms with E-state index < -0.39 is 0 Å². The van der Waals surface area contributed by atoms with E-state index >= 15 is 0 Å². The molecule has 1 aromatic heterocycles. The molecule has 0 fully saturated rings. The highest BCUT2D eigenvalue weighted by molar-refractivity contribution is 7.80. The Balaban J connectivity index is 1.74. The van der Waals surface area contributed by atoms with Crippen molar-refractivity contribution in [1.29, 1.82) is 0 Å². The van der Waals surface area contributed by atoms with Gasteiger partial charge in [-0.05, 0) is 36.8 Å². The van der Waals surface area contributed by atoms with Gasteiger partial charge in [-0.1, -0.05) is 30.3 Å².